The number of terminal acetylenes is 1. The standard InChI is InChI=1S/C19H16F2N2O2S/c1-3-13-5-4-6-15(11-13)22-17(24)12-23(2)18(25)14-7-9-16(10-8-14)26-19(20)21/h1,4-11,19H,12H2,2H3,(H,22,24). The highest BCUT2D eigenvalue weighted by Gasteiger charge is 2.15. The molecule has 0 heterocycles. The number of hydrogen-bond donors (Lipinski definition) is 1. The summed E-state index contributed by atoms with van der Waals surface area (Å²) in [5.41, 5.74) is 1.49. The maximum absolute atomic E-state index is 12.3. The Balaban J connectivity index is 1.95. The van der Waals surface area contributed by atoms with Crippen molar-refractivity contribution in [1.82, 2.24) is 4.90 Å². The fourth-order valence-corrected chi connectivity index (χ4v) is 2.67. The van der Waals surface area contributed by atoms with E-state index in [0.717, 1.165) is 0 Å². The number of carbonyl (C=O) groups excluding carboxylic acids is 2. The number of anilines is 1. The van der Waals surface area contributed by atoms with Gasteiger partial charge in [0.25, 0.3) is 11.7 Å². The Morgan fingerprint density at radius 2 is 1.92 bits per heavy atom. The molecular weight excluding hydrogens is 358 g/mol. The average molecular weight is 374 g/mol. The minimum atomic E-state index is -2.52. The first kappa shape index (κ1) is 19.5. The van der Waals surface area contributed by atoms with E-state index in [0.29, 0.717) is 33.5 Å². The van der Waals surface area contributed by atoms with Gasteiger partial charge in [-0.1, -0.05) is 23.7 Å². The number of hydrogen-bond acceptors (Lipinski definition) is 3. The van der Waals surface area contributed by atoms with Crippen molar-refractivity contribution in [3.8, 4) is 12.3 Å². The van der Waals surface area contributed by atoms with Gasteiger partial charge in [0.05, 0.1) is 6.54 Å². The van der Waals surface area contributed by atoms with Gasteiger partial charge in [-0.2, -0.15) is 8.78 Å². The number of carbonyl (C=O) groups is 2. The molecule has 0 bridgehead atoms. The molecule has 0 aliphatic heterocycles. The van der Waals surface area contributed by atoms with E-state index in [1.807, 2.05) is 0 Å². The molecule has 1 N–H and O–H groups in total. The predicted molar refractivity (Wildman–Crippen MR) is 98.3 cm³/mol. The number of nitrogens with zero attached hydrogens (tertiary/aromatic N) is 1. The third-order valence-electron chi connectivity index (χ3n) is 3.37. The molecule has 26 heavy (non-hydrogen) atoms. The van der Waals surface area contributed by atoms with E-state index >= 15 is 0 Å². The van der Waals surface area contributed by atoms with Crippen LogP contribution >= 0.6 is 11.8 Å². The summed E-state index contributed by atoms with van der Waals surface area (Å²) in [7, 11) is 1.49. The Morgan fingerprint density at radius 1 is 1.23 bits per heavy atom. The molecule has 4 nitrogen and oxygen atoms in total. The van der Waals surface area contributed by atoms with E-state index in [9.17, 15) is 18.4 Å². The minimum absolute atomic E-state index is 0.160. The van der Waals surface area contributed by atoms with E-state index in [1.165, 1.54) is 36.2 Å². The molecule has 0 aromatic heterocycles. The van der Waals surface area contributed by atoms with Gasteiger partial charge in [0.2, 0.25) is 5.91 Å². The molecule has 2 amide bonds. The van der Waals surface area contributed by atoms with Crippen LogP contribution in [0.15, 0.2) is 53.4 Å². The zero-order chi connectivity index (χ0) is 19.1. The average Bonchev–Trinajstić information content (AvgIpc) is 2.61. The summed E-state index contributed by atoms with van der Waals surface area (Å²) in [6.45, 7) is -0.160. The fourth-order valence-electron chi connectivity index (χ4n) is 2.17. The molecule has 2 aromatic carbocycles. The maximum atomic E-state index is 12.3. The van der Waals surface area contributed by atoms with Crippen LogP contribution in [0.5, 0.6) is 0 Å². The molecule has 0 aliphatic rings. The Labute approximate surface area is 154 Å². The normalized spacial score (nSPS) is 10.3. The van der Waals surface area contributed by atoms with E-state index < -0.39 is 5.76 Å². The summed E-state index contributed by atoms with van der Waals surface area (Å²) in [5, 5.41) is 2.67. The summed E-state index contributed by atoms with van der Waals surface area (Å²) in [5.74, 6) is -0.803. The topological polar surface area (TPSA) is 49.4 Å². The lowest BCUT2D eigenvalue weighted by atomic mass is 10.2. The summed E-state index contributed by atoms with van der Waals surface area (Å²) >= 11 is 0.406. The first-order valence-corrected chi connectivity index (χ1v) is 8.44. The van der Waals surface area contributed by atoms with Crippen molar-refractivity contribution in [3.63, 3.8) is 0 Å². The summed E-state index contributed by atoms with van der Waals surface area (Å²) in [4.78, 5) is 26.0. The Hall–Kier alpha value is -2.85. The van der Waals surface area contributed by atoms with Crippen molar-refractivity contribution in [2.45, 2.75) is 10.7 Å². The van der Waals surface area contributed by atoms with Crippen molar-refractivity contribution in [3.05, 3.63) is 59.7 Å². The second kappa shape index (κ2) is 9.02. The second-order valence-corrected chi connectivity index (χ2v) is 6.40. The highest BCUT2D eigenvalue weighted by molar-refractivity contribution is 7.99. The summed E-state index contributed by atoms with van der Waals surface area (Å²) in [6, 6.07) is 12.6. The van der Waals surface area contributed by atoms with E-state index in [4.69, 9.17) is 6.42 Å². The largest absolute Gasteiger partial charge is 0.332 e. The molecule has 2 rings (SSSR count). The third-order valence-corrected chi connectivity index (χ3v) is 4.09. The number of likely N-dealkylation sites (N-methyl/N-ethyl adjacent to an activating group) is 1. The molecule has 0 atom stereocenters. The first-order chi connectivity index (χ1) is 12.4. The number of halogens is 2. The highest BCUT2D eigenvalue weighted by atomic mass is 32.2. The van der Waals surface area contributed by atoms with Crippen molar-refractivity contribution in [2.75, 3.05) is 18.9 Å². The van der Waals surface area contributed by atoms with Crippen molar-refractivity contribution in [1.29, 1.82) is 0 Å². The molecule has 0 saturated heterocycles. The number of nitrogens with one attached hydrogen (secondary N) is 1. The number of alkyl halides is 2. The van der Waals surface area contributed by atoms with E-state index in [2.05, 4.69) is 11.2 Å². The molecule has 0 fully saturated rings. The van der Waals surface area contributed by atoms with Gasteiger partial charge in [0, 0.05) is 28.8 Å². The minimum Gasteiger partial charge on any atom is -0.332 e. The molecular formula is C19H16F2N2O2S. The van der Waals surface area contributed by atoms with Crippen LogP contribution in [-0.4, -0.2) is 36.1 Å². The van der Waals surface area contributed by atoms with E-state index in [1.54, 1.807) is 24.3 Å². The number of benzene rings is 2. The van der Waals surface area contributed by atoms with Crippen LogP contribution in [0.1, 0.15) is 15.9 Å². The SMILES string of the molecule is C#Cc1cccc(NC(=O)CN(C)C(=O)c2ccc(SC(F)F)cc2)c1. The van der Waals surface area contributed by atoms with Crippen LogP contribution in [0.25, 0.3) is 0 Å². The van der Waals surface area contributed by atoms with Crippen LogP contribution < -0.4 is 5.32 Å². The number of thioether (sulfide) groups is 1. The molecule has 0 aliphatic carbocycles. The summed E-state index contributed by atoms with van der Waals surface area (Å²) < 4.78 is 24.6. The van der Waals surface area contributed by atoms with Gasteiger partial charge in [0.1, 0.15) is 0 Å². The van der Waals surface area contributed by atoms with Gasteiger partial charge in [-0.05, 0) is 42.5 Å². The lowest BCUT2D eigenvalue weighted by molar-refractivity contribution is -0.116. The van der Waals surface area contributed by atoms with Crippen molar-refractivity contribution in [2.24, 2.45) is 0 Å². The molecule has 134 valence electrons. The maximum Gasteiger partial charge on any atom is 0.288 e. The Bertz CT molecular complexity index is 832. The van der Waals surface area contributed by atoms with Crippen molar-refractivity contribution >= 4 is 29.3 Å². The van der Waals surface area contributed by atoms with Gasteiger partial charge < -0.3 is 10.2 Å². The smallest absolute Gasteiger partial charge is 0.288 e. The van der Waals surface area contributed by atoms with Gasteiger partial charge in [-0.25, -0.2) is 0 Å². The first-order valence-electron chi connectivity index (χ1n) is 7.56. The Morgan fingerprint density at radius 3 is 2.54 bits per heavy atom. The fraction of sp³-hybridized carbons (Fsp3) is 0.158. The molecule has 0 spiro atoms. The van der Waals surface area contributed by atoms with Crippen LogP contribution in [0.3, 0.4) is 0 Å². The predicted octanol–water partition coefficient (Wildman–Crippen LogP) is 3.69. The van der Waals surface area contributed by atoms with E-state index in [-0.39, 0.29) is 18.4 Å². The Kier molecular flexibility index (Phi) is 6.75. The van der Waals surface area contributed by atoms with Crippen LogP contribution in [0.2, 0.25) is 0 Å². The second-order valence-electron chi connectivity index (χ2n) is 5.34. The zero-order valence-electron chi connectivity index (χ0n) is 13.9. The van der Waals surface area contributed by atoms with Crippen LogP contribution in [0.4, 0.5) is 14.5 Å². The van der Waals surface area contributed by atoms with Gasteiger partial charge in [-0.3, -0.25) is 9.59 Å². The molecule has 7 heteroatoms. The van der Waals surface area contributed by atoms with Crippen LogP contribution in [-0.2, 0) is 4.79 Å². The number of amides is 2. The lowest BCUT2D eigenvalue weighted by Crippen LogP contribution is -2.34. The monoisotopic (exact) mass is 374 g/mol. The molecule has 2 aromatic rings. The third kappa shape index (κ3) is 5.60. The zero-order valence-corrected chi connectivity index (χ0v) is 14.7. The van der Waals surface area contributed by atoms with Crippen molar-refractivity contribution < 1.29 is 18.4 Å². The molecule has 0 unspecified atom stereocenters. The quantitative estimate of drug-likeness (QED) is 0.620. The summed E-state index contributed by atoms with van der Waals surface area (Å²) in [6.07, 6.45) is 5.31. The van der Waals surface area contributed by atoms with Gasteiger partial charge in [0.15, 0.2) is 0 Å². The highest BCUT2D eigenvalue weighted by Crippen LogP contribution is 2.25. The van der Waals surface area contributed by atoms with Gasteiger partial charge in [-0.15, -0.1) is 6.42 Å². The van der Waals surface area contributed by atoms with Gasteiger partial charge >= 0.3 is 0 Å². The molecule has 0 radical (unpaired) electrons. The molecule has 0 saturated carbocycles. The lowest BCUT2D eigenvalue weighted by Gasteiger charge is -2.17. The van der Waals surface area contributed by atoms with Crippen LogP contribution in [0, 0.1) is 12.3 Å². The number of rotatable bonds is 6.